The van der Waals surface area contributed by atoms with Crippen molar-refractivity contribution in [2.24, 2.45) is 0 Å². The first-order valence-electron chi connectivity index (χ1n) is 4.07. The van der Waals surface area contributed by atoms with E-state index in [-0.39, 0.29) is 6.42 Å². The minimum absolute atomic E-state index is 0.211. The Labute approximate surface area is 84.3 Å². The van der Waals surface area contributed by atoms with Crippen LogP contribution in [0.15, 0.2) is 12.7 Å². The van der Waals surface area contributed by atoms with E-state index in [0.29, 0.717) is 0 Å². The first-order valence-corrected chi connectivity index (χ1v) is 5.48. The molecule has 82 valence electrons. The van der Waals surface area contributed by atoms with Gasteiger partial charge in [-0.05, 0) is 19.4 Å². The monoisotopic (exact) mass is 221 g/mol. The normalized spacial score (nSPS) is 15.6. The van der Waals surface area contributed by atoms with Crippen molar-refractivity contribution in [2.45, 2.75) is 25.1 Å². The first-order chi connectivity index (χ1) is 6.33. The zero-order chi connectivity index (χ0) is 11.4. The van der Waals surface area contributed by atoms with Gasteiger partial charge in [0.05, 0.1) is 7.11 Å². The third-order valence-corrected chi connectivity index (χ3v) is 3.95. The van der Waals surface area contributed by atoms with Crippen LogP contribution < -0.4 is 5.32 Å². The van der Waals surface area contributed by atoms with Gasteiger partial charge < -0.3 is 5.32 Å². The van der Waals surface area contributed by atoms with Gasteiger partial charge in [-0.2, -0.15) is 8.42 Å². The Hall–Kier alpha value is -0.880. The summed E-state index contributed by atoms with van der Waals surface area (Å²) in [6.07, 6.45) is 1.22. The van der Waals surface area contributed by atoms with Gasteiger partial charge in [0.15, 0.2) is 4.87 Å². The van der Waals surface area contributed by atoms with Crippen LogP contribution in [0.5, 0.6) is 0 Å². The van der Waals surface area contributed by atoms with E-state index in [1.54, 1.807) is 6.92 Å². The highest BCUT2D eigenvalue weighted by Gasteiger charge is 2.38. The second kappa shape index (κ2) is 4.56. The Morgan fingerprint density at radius 1 is 1.64 bits per heavy atom. The van der Waals surface area contributed by atoms with Crippen LogP contribution in [0.1, 0.15) is 20.3 Å². The standard InChI is InChI=1S/C8H15NO4S/c1-5-7(10)9-8(3,6-2)14(11,12)13-4/h5H,1,6H2,2-4H3,(H,9,10). The van der Waals surface area contributed by atoms with Crippen molar-refractivity contribution in [3.8, 4) is 0 Å². The van der Waals surface area contributed by atoms with Gasteiger partial charge >= 0.3 is 0 Å². The fourth-order valence-corrected chi connectivity index (χ4v) is 1.77. The van der Waals surface area contributed by atoms with Crippen molar-refractivity contribution in [3.63, 3.8) is 0 Å². The van der Waals surface area contributed by atoms with Crippen molar-refractivity contribution in [1.29, 1.82) is 0 Å². The van der Waals surface area contributed by atoms with E-state index in [1.165, 1.54) is 6.92 Å². The average molecular weight is 221 g/mol. The number of carbonyl (C=O) groups is 1. The molecule has 5 nitrogen and oxygen atoms in total. The van der Waals surface area contributed by atoms with Crippen molar-refractivity contribution in [1.82, 2.24) is 5.32 Å². The second-order valence-corrected chi connectivity index (χ2v) is 5.04. The maximum Gasteiger partial charge on any atom is 0.291 e. The van der Waals surface area contributed by atoms with Gasteiger partial charge in [-0.25, -0.2) is 0 Å². The topological polar surface area (TPSA) is 72.5 Å². The predicted molar refractivity (Wildman–Crippen MR) is 53.0 cm³/mol. The molecule has 0 radical (unpaired) electrons. The molecule has 1 N–H and O–H groups in total. The lowest BCUT2D eigenvalue weighted by Crippen LogP contribution is -2.51. The minimum Gasteiger partial charge on any atom is -0.332 e. The summed E-state index contributed by atoms with van der Waals surface area (Å²) in [6.45, 7) is 6.26. The molecule has 1 atom stereocenters. The summed E-state index contributed by atoms with van der Waals surface area (Å²) < 4.78 is 27.2. The lowest BCUT2D eigenvalue weighted by molar-refractivity contribution is -0.117. The fraction of sp³-hybridized carbons (Fsp3) is 0.625. The number of carbonyl (C=O) groups excluding carboxylic acids is 1. The summed E-state index contributed by atoms with van der Waals surface area (Å²) >= 11 is 0. The highest BCUT2D eigenvalue weighted by atomic mass is 32.2. The quantitative estimate of drug-likeness (QED) is 0.538. The highest BCUT2D eigenvalue weighted by molar-refractivity contribution is 7.88. The van der Waals surface area contributed by atoms with E-state index in [9.17, 15) is 13.2 Å². The van der Waals surface area contributed by atoms with Crippen molar-refractivity contribution in [3.05, 3.63) is 12.7 Å². The van der Waals surface area contributed by atoms with Gasteiger partial charge in [0.25, 0.3) is 10.1 Å². The Kier molecular flexibility index (Phi) is 4.28. The molecule has 0 aromatic carbocycles. The fourth-order valence-electron chi connectivity index (χ4n) is 0.823. The van der Waals surface area contributed by atoms with E-state index in [4.69, 9.17) is 0 Å². The molecule has 0 spiro atoms. The minimum atomic E-state index is -3.79. The van der Waals surface area contributed by atoms with E-state index < -0.39 is 20.9 Å². The van der Waals surface area contributed by atoms with Crippen molar-refractivity contribution < 1.29 is 17.4 Å². The van der Waals surface area contributed by atoms with Crippen LogP contribution in [0.3, 0.4) is 0 Å². The Morgan fingerprint density at radius 2 is 2.14 bits per heavy atom. The van der Waals surface area contributed by atoms with E-state index >= 15 is 0 Å². The molecule has 6 heteroatoms. The SMILES string of the molecule is C=CC(=O)NC(C)(CC)S(=O)(=O)OC. The maximum absolute atomic E-state index is 11.4. The van der Waals surface area contributed by atoms with Crippen molar-refractivity contribution in [2.75, 3.05) is 7.11 Å². The predicted octanol–water partition coefficient (Wildman–Crippen LogP) is 0.391. The summed E-state index contributed by atoms with van der Waals surface area (Å²) in [5, 5.41) is 2.31. The summed E-state index contributed by atoms with van der Waals surface area (Å²) in [5.74, 6) is -0.546. The molecule has 0 bridgehead atoms. The van der Waals surface area contributed by atoms with Crippen LogP contribution in [-0.2, 0) is 19.1 Å². The van der Waals surface area contributed by atoms with E-state index in [2.05, 4.69) is 16.1 Å². The van der Waals surface area contributed by atoms with Gasteiger partial charge in [-0.3, -0.25) is 8.98 Å². The number of amides is 1. The summed E-state index contributed by atoms with van der Waals surface area (Å²) in [6, 6.07) is 0. The second-order valence-electron chi connectivity index (χ2n) is 2.90. The number of nitrogens with one attached hydrogen (secondary N) is 1. The van der Waals surface area contributed by atoms with Gasteiger partial charge in [-0.15, -0.1) is 0 Å². The van der Waals surface area contributed by atoms with Crippen molar-refractivity contribution >= 4 is 16.0 Å². The molecule has 0 saturated carbocycles. The number of rotatable bonds is 5. The maximum atomic E-state index is 11.4. The molecule has 14 heavy (non-hydrogen) atoms. The Balaban J connectivity index is 5.00. The summed E-state index contributed by atoms with van der Waals surface area (Å²) in [4.78, 5) is 9.59. The first kappa shape index (κ1) is 13.1. The van der Waals surface area contributed by atoms with Gasteiger partial charge in [0.2, 0.25) is 5.91 Å². The molecule has 0 aliphatic heterocycles. The summed E-state index contributed by atoms with van der Waals surface area (Å²) in [5.41, 5.74) is 0. The molecule has 1 unspecified atom stereocenters. The molecular weight excluding hydrogens is 206 g/mol. The summed E-state index contributed by atoms with van der Waals surface area (Å²) in [7, 11) is -2.74. The van der Waals surface area contributed by atoms with Gasteiger partial charge in [0, 0.05) is 0 Å². The third kappa shape index (κ3) is 2.55. The largest absolute Gasteiger partial charge is 0.332 e. The molecule has 0 saturated heterocycles. The lowest BCUT2D eigenvalue weighted by Gasteiger charge is -2.26. The average Bonchev–Trinajstić information content (AvgIpc) is 2.17. The molecule has 0 aliphatic rings. The van der Waals surface area contributed by atoms with Gasteiger partial charge in [0.1, 0.15) is 0 Å². The van der Waals surface area contributed by atoms with Crippen LogP contribution >= 0.6 is 0 Å². The van der Waals surface area contributed by atoms with Crippen LogP contribution in [-0.4, -0.2) is 26.3 Å². The zero-order valence-corrected chi connectivity index (χ0v) is 9.35. The molecule has 0 aromatic rings. The van der Waals surface area contributed by atoms with Crippen LogP contribution in [0.25, 0.3) is 0 Å². The molecular formula is C8H15NO4S. The molecule has 0 rings (SSSR count). The Morgan fingerprint density at radius 3 is 2.43 bits per heavy atom. The van der Waals surface area contributed by atoms with Crippen LogP contribution in [0.2, 0.25) is 0 Å². The number of hydrogen-bond acceptors (Lipinski definition) is 4. The highest BCUT2D eigenvalue weighted by Crippen LogP contribution is 2.19. The van der Waals surface area contributed by atoms with Crippen LogP contribution in [0, 0.1) is 0 Å². The molecule has 0 heterocycles. The van der Waals surface area contributed by atoms with Crippen LogP contribution in [0.4, 0.5) is 0 Å². The molecule has 0 fully saturated rings. The van der Waals surface area contributed by atoms with Gasteiger partial charge in [-0.1, -0.05) is 13.5 Å². The molecule has 1 amide bonds. The Bertz CT molecular complexity index is 322. The molecule has 0 aliphatic carbocycles. The van der Waals surface area contributed by atoms with E-state index in [0.717, 1.165) is 13.2 Å². The lowest BCUT2D eigenvalue weighted by atomic mass is 10.2. The van der Waals surface area contributed by atoms with E-state index in [1.807, 2.05) is 0 Å². The zero-order valence-electron chi connectivity index (χ0n) is 8.53. The smallest absolute Gasteiger partial charge is 0.291 e. The third-order valence-electron chi connectivity index (χ3n) is 2.02. The number of hydrogen-bond donors (Lipinski definition) is 1. The molecule has 0 aromatic heterocycles.